The van der Waals surface area contributed by atoms with Gasteiger partial charge in [-0.1, -0.05) is 0 Å². The molecule has 9 heterocycles. The van der Waals surface area contributed by atoms with Crippen molar-refractivity contribution in [2.45, 2.75) is 327 Å². The smallest absolute Gasteiger partial charge is 0.472 e. The zero-order valence-electron chi connectivity index (χ0n) is 68.8. The molecule has 754 valence electrons. The fourth-order valence-corrected chi connectivity index (χ4v) is 17.1. The number of carbonyl (C=O) groups is 5. The van der Waals surface area contributed by atoms with E-state index in [0.717, 1.165) is 20.8 Å². The predicted octanol–water partition coefficient (Wildman–Crippen LogP) is -22.3. The van der Waals surface area contributed by atoms with E-state index in [1.54, 1.807) is 0 Å². The van der Waals surface area contributed by atoms with E-state index in [4.69, 9.17) is 95.3 Å². The minimum atomic E-state index is -5.73. The minimum Gasteiger partial charge on any atom is -0.477 e. The van der Waals surface area contributed by atoms with Crippen LogP contribution < -0.4 is 21.7 Å². The SMILES string of the molecule is CC(=O)N[C@H]1[C@H](O[C@H]2[C@@H](O)[C@@H](CO)O[C@@H](O[C@H]3[C@H](O)[C@@H](O)[C@H](O[C@H]4[C@H](O[C@H]5O[C@H]([C@@H](O)CO)[C@@H](O)[C@H](OP(=O)(O)OCCN)[C@@H]5O[C@H]5O[C@H](CO)[C@@H](O)[C@H](O)[C@H]5NC(C)=O)[C@H](O)[C@@H](O[C@H]5[C@@H]([C@H](O)CO)OC(O)(C(=O)O)C[C@H]5O)O[C@@H]4[C@@H](O)CO)O[C@@H]3CO)[C@@H]2O)O[C@H](CO)[C@@H](O[C@@H]2O[C@H](CO)[C@H](O)[C@H](O[C@]3(C(=O)O)C[C@H](O)[C@@H](NC(C)=O)[C@H]([C@H](O)[C@H](O)CO)O3)[C@H]2O)[C@@H]1O. The van der Waals surface area contributed by atoms with E-state index in [-0.39, 0.29) is 0 Å². The summed E-state index contributed by atoms with van der Waals surface area (Å²) in [6, 6.07) is -5.88. The van der Waals surface area contributed by atoms with Gasteiger partial charge in [0.1, 0.15) is 220 Å². The first kappa shape index (κ1) is 109. The molecule has 0 aromatic heterocycles. The molecule has 0 radical (unpaired) electrons. The van der Waals surface area contributed by atoms with E-state index in [2.05, 4.69) is 16.0 Å². The first-order valence-electron chi connectivity index (χ1n) is 40.4. The third kappa shape index (κ3) is 24.3. The molecular weight excluding hydrogens is 1810 g/mol. The first-order valence-corrected chi connectivity index (χ1v) is 41.9. The summed E-state index contributed by atoms with van der Waals surface area (Å²) in [4.78, 5) is 74.7. The maximum atomic E-state index is 13.9. The molecule has 0 spiro atoms. The Morgan fingerprint density at radius 3 is 1.32 bits per heavy atom. The van der Waals surface area contributed by atoms with Crippen LogP contribution in [0.1, 0.15) is 33.6 Å². The van der Waals surface area contributed by atoms with Gasteiger partial charge in [-0.3, -0.25) is 23.4 Å². The van der Waals surface area contributed by atoms with E-state index >= 15 is 0 Å². The van der Waals surface area contributed by atoms with Crippen LogP contribution in [0, 0.1) is 0 Å². The number of carboxylic acids is 2. The second-order valence-electron chi connectivity index (χ2n) is 31.9. The Kier molecular flexibility index (Phi) is 39.4. The lowest BCUT2D eigenvalue weighted by Gasteiger charge is -2.53. The number of hydrogen-bond donors (Lipinski definition) is 35. The number of aliphatic hydroxyl groups excluding tert-OH is 27. The number of ether oxygens (including phenoxy) is 17. The van der Waals surface area contributed by atoms with Gasteiger partial charge in [0.2, 0.25) is 17.7 Å². The molecule has 3 amide bonds. The van der Waals surface area contributed by atoms with Crippen LogP contribution in [0.3, 0.4) is 0 Å². The van der Waals surface area contributed by atoms with Gasteiger partial charge < -0.3 is 260 Å². The van der Waals surface area contributed by atoms with Gasteiger partial charge in [-0.25, -0.2) is 14.2 Å². The van der Waals surface area contributed by atoms with Crippen molar-refractivity contribution in [2.75, 3.05) is 72.6 Å². The normalized spacial score (nSPS) is 45.6. The number of carboxylic acid groups (broad SMARTS) is 2. The number of aliphatic hydroxyl groups is 28. The summed E-state index contributed by atoms with van der Waals surface area (Å²) in [7, 11) is -5.73. The van der Waals surface area contributed by atoms with Crippen LogP contribution in [-0.2, 0) is 118 Å². The van der Waals surface area contributed by atoms with Crippen LogP contribution in [0.25, 0.3) is 0 Å². The van der Waals surface area contributed by atoms with Crippen LogP contribution in [0.5, 0.6) is 0 Å². The van der Waals surface area contributed by atoms with Gasteiger partial charge >= 0.3 is 19.8 Å². The second kappa shape index (κ2) is 46.8. The maximum Gasteiger partial charge on any atom is 0.472 e. The Morgan fingerprint density at radius 1 is 0.392 bits per heavy atom. The van der Waals surface area contributed by atoms with Crippen LogP contribution in [0.2, 0.25) is 0 Å². The monoisotopic (exact) mass is 1930 g/mol. The van der Waals surface area contributed by atoms with E-state index in [9.17, 15) is 187 Å². The van der Waals surface area contributed by atoms with E-state index in [1.807, 2.05) is 0 Å². The summed E-state index contributed by atoms with van der Waals surface area (Å²) in [6.07, 6.45) is -106. The number of nitrogens with one attached hydrogen (secondary N) is 3. The molecule has 9 rings (SSSR count). The number of phosphoric ester groups is 1. The van der Waals surface area contributed by atoms with Crippen LogP contribution in [-0.4, -0.2) is 554 Å². The highest BCUT2D eigenvalue weighted by atomic mass is 31.2. The highest BCUT2D eigenvalue weighted by Gasteiger charge is 2.66. The summed E-state index contributed by atoms with van der Waals surface area (Å²) in [5.41, 5.74) is 5.51. The molecule has 130 heavy (non-hydrogen) atoms. The third-order valence-electron chi connectivity index (χ3n) is 22.8. The highest BCUT2D eigenvalue weighted by molar-refractivity contribution is 7.47. The number of amides is 3. The van der Waals surface area contributed by atoms with Crippen molar-refractivity contribution in [1.82, 2.24) is 16.0 Å². The Hall–Kier alpha value is -4.38. The Balaban J connectivity index is 1.03. The molecule has 9 saturated heterocycles. The van der Waals surface area contributed by atoms with Crippen LogP contribution >= 0.6 is 7.82 Å². The number of carbonyl (C=O) groups excluding carboxylic acids is 3. The topological polar surface area (TPSA) is 967 Å². The van der Waals surface area contributed by atoms with Gasteiger partial charge in [0.25, 0.3) is 11.6 Å². The molecule has 9 aliphatic heterocycles. The summed E-state index contributed by atoms with van der Waals surface area (Å²) < 4.78 is 124. The number of hydrogen-bond acceptors (Lipinski definition) is 54. The molecule has 2 unspecified atom stereocenters. The van der Waals surface area contributed by atoms with Crippen molar-refractivity contribution < 1.29 is 276 Å². The van der Waals surface area contributed by atoms with E-state index in [0.29, 0.717) is 0 Å². The lowest BCUT2D eigenvalue weighted by Crippen LogP contribution is -2.71. The number of phosphoric acid groups is 1. The predicted molar refractivity (Wildman–Crippen MR) is 396 cm³/mol. The molecular formula is C69H117N4O56P. The average Bonchev–Trinajstić information content (AvgIpc) is 0.753. The fraction of sp³-hybridized carbons (Fsp3) is 0.928. The molecule has 61 heteroatoms. The molecule has 0 bridgehead atoms. The van der Waals surface area contributed by atoms with Crippen molar-refractivity contribution in [3.63, 3.8) is 0 Å². The van der Waals surface area contributed by atoms with Gasteiger partial charge in [0, 0.05) is 40.2 Å². The third-order valence-corrected chi connectivity index (χ3v) is 23.8. The number of nitrogens with two attached hydrogens (primary N) is 1. The highest BCUT2D eigenvalue weighted by Crippen LogP contribution is 2.50. The van der Waals surface area contributed by atoms with Crippen molar-refractivity contribution in [2.24, 2.45) is 5.73 Å². The fourth-order valence-electron chi connectivity index (χ4n) is 16.2. The lowest BCUT2D eigenvalue weighted by molar-refractivity contribution is -0.415. The van der Waals surface area contributed by atoms with Gasteiger partial charge in [-0.15, -0.1) is 0 Å². The van der Waals surface area contributed by atoms with Crippen molar-refractivity contribution in [3.8, 4) is 0 Å². The zero-order chi connectivity index (χ0) is 96.7. The van der Waals surface area contributed by atoms with Crippen molar-refractivity contribution >= 4 is 37.5 Å². The van der Waals surface area contributed by atoms with Crippen molar-refractivity contribution in [1.29, 1.82) is 0 Å². The molecule has 49 atom stereocenters. The number of rotatable bonds is 40. The largest absolute Gasteiger partial charge is 0.477 e. The molecule has 60 nitrogen and oxygen atoms in total. The molecule has 0 aromatic rings. The quantitative estimate of drug-likeness (QED) is 0.0253. The summed E-state index contributed by atoms with van der Waals surface area (Å²) in [6.45, 7) is -10.6. The van der Waals surface area contributed by atoms with Gasteiger partial charge in [0.15, 0.2) is 44.0 Å². The van der Waals surface area contributed by atoms with Crippen LogP contribution in [0.15, 0.2) is 0 Å². The zero-order valence-corrected chi connectivity index (χ0v) is 69.7. The van der Waals surface area contributed by atoms with Gasteiger partial charge in [0.05, 0.1) is 84.3 Å². The Bertz CT molecular complexity index is 3650. The van der Waals surface area contributed by atoms with Gasteiger partial charge in [-0.2, -0.15) is 0 Å². The Morgan fingerprint density at radius 2 is 0.808 bits per heavy atom. The van der Waals surface area contributed by atoms with Gasteiger partial charge in [-0.05, 0) is 0 Å². The Labute approximate surface area is 733 Å². The average molecular weight is 1930 g/mol. The van der Waals surface area contributed by atoms with E-state index < -0.39 is 416 Å². The second-order valence-corrected chi connectivity index (χ2v) is 33.3. The molecule has 0 aliphatic carbocycles. The first-order chi connectivity index (χ1) is 61.1. The summed E-state index contributed by atoms with van der Waals surface area (Å²) in [5.74, 6) is -14.0. The van der Waals surface area contributed by atoms with Crippen molar-refractivity contribution in [3.05, 3.63) is 0 Å². The number of aliphatic carboxylic acids is 2. The lowest BCUT2D eigenvalue weighted by atomic mass is 9.88. The van der Waals surface area contributed by atoms with Crippen LogP contribution in [0.4, 0.5) is 0 Å². The molecule has 36 N–H and O–H groups in total. The standard InChI is InChI=1S/C69H117N4O56P/c1-17(83)71-31-20(86)7-69(67(106)107,127-52(31)34(92)22(88)8-74)128-54-37(95)28(14-80)114-63(44(54)102)120-50-29(15-81)115-60(33(39(50)97)73-19(3)85)122-53-36(94)27(13-79)113-62(43(53)101)121-51-30(16-82)116-61(41(99)40(51)98)124-57-48(24(90)10-76)119-64(118-47-21(87)6-68(108,66(104)105)126-49(47)25(91)11-77)45(103)55(57)123-65-58(125-59-32(72-18(2)84)38(96)35(93)26(12-78)112-59)56(129-130(109,110)111-5-4-70)42(100)46(117-65)23(89)9-75/h20-65,74-82,86-103,108H,4-16,70H2,1-3H3,(H,71,83)(H,72,84)(H,73,85)(H,104,105)(H,106,107)(H,109,110)/t20-,21+,22+,23-,24-,25+,26+,27+,28+,29+,30+,31+,32+,33+,34+,35+,36-,37-,38+,39+,40+,41+,42+,43+,44+,45-,46+,47+,48+,49+,50+,51+,52+,53-,54-,55+,56-,57+,58-,59+,60-,61-,62-,63-,64-,65+,68?,69-/m0/s1. The molecule has 0 saturated carbocycles. The maximum absolute atomic E-state index is 13.9. The summed E-state index contributed by atoms with van der Waals surface area (Å²) >= 11 is 0. The summed E-state index contributed by atoms with van der Waals surface area (Å²) in [5, 5.41) is 342. The molecule has 9 aliphatic rings. The minimum absolute atomic E-state index is 0.520. The molecule has 0 aromatic carbocycles. The van der Waals surface area contributed by atoms with E-state index in [1.165, 1.54) is 0 Å². The molecule has 9 fully saturated rings.